The number of nitrogens with zero attached hydrogens (tertiary/aromatic N) is 2. The molecule has 0 unspecified atom stereocenters. The van der Waals surface area contributed by atoms with Gasteiger partial charge in [0.15, 0.2) is 0 Å². The van der Waals surface area contributed by atoms with Crippen LogP contribution in [0.4, 0.5) is 9.59 Å². The van der Waals surface area contributed by atoms with Gasteiger partial charge in [0.2, 0.25) is 0 Å². The van der Waals surface area contributed by atoms with Crippen LogP contribution in [0.2, 0.25) is 0 Å². The highest BCUT2D eigenvalue weighted by molar-refractivity contribution is 5.89. The zero-order chi connectivity index (χ0) is 33.1. The van der Waals surface area contributed by atoms with Crippen molar-refractivity contribution >= 4 is 24.1 Å². The summed E-state index contributed by atoms with van der Waals surface area (Å²) in [6.07, 6.45) is -1.77. The van der Waals surface area contributed by atoms with Crippen molar-refractivity contribution in [1.29, 1.82) is 0 Å². The van der Waals surface area contributed by atoms with E-state index >= 15 is 0 Å². The number of carbonyl (C=O) groups excluding carboxylic acids is 4. The first-order chi connectivity index (χ1) is 22.2. The molecule has 250 valence electrons. The Kier molecular flexibility index (Phi) is 13.1. The third-order valence-corrected chi connectivity index (χ3v) is 8.70. The van der Waals surface area contributed by atoms with Crippen LogP contribution >= 0.6 is 0 Å². The van der Waals surface area contributed by atoms with E-state index in [1.165, 1.54) is 9.80 Å². The lowest BCUT2D eigenvalue weighted by atomic mass is 9.99. The summed E-state index contributed by atoms with van der Waals surface area (Å²) in [6.45, 7) is 5.40. The van der Waals surface area contributed by atoms with E-state index in [2.05, 4.69) is 48.7 Å². The molecular formula is C34H46N4O8. The fourth-order valence-electron chi connectivity index (χ4n) is 5.97. The van der Waals surface area contributed by atoms with E-state index < -0.39 is 37.0 Å². The number of hydrogen-bond donors (Lipinski definition) is 2. The molecule has 12 heteroatoms. The van der Waals surface area contributed by atoms with Crippen LogP contribution in [0, 0.1) is 0 Å². The van der Waals surface area contributed by atoms with Gasteiger partial charge in [0, 0.05) is 51.5 Å². The third kappa shape index (κ3) is 9.83. The van der Waals surface area contributed by atoms with Crippen molar-refractivity contribution < 1.29 is 38.1 Å². The zero-order valence-electron chi connectivity index (χ0n) is 27.1. The van der Waals surface area contributed by atoms with Crippen LogP contribution < -0.4 is 10.6 Å². The fourth-order valence-corrected chi connectivity index (χ4v) is 5.97. The predicted molar refractivity (Wildman–Crippen MR) is 170 cm³/mol. The van der Waals surface area contributed by atoms with E-state index in [9.17, 15) is 19.2 Å². The molecule has 2 saturated heterocycles. The highest BCUT2D eigenvalue weighted by Gasteiger charge is 2.35. The summed E-state index contributed by atoms with van der Waals surface area (Å²) in [7, 11) is 3.17. The molecule has 4 rings (SSSR count). The second-order valence-corrected chi connectivity index (χ2v) is 11.8. The lowest BCUT2D eigenvalue weighted by Gasteiger charge is -2.38. The molecule has 2 aliphatic heterocycles. The molecule has 0 aliphatic carbocycles. The topological polar surface area (TPSA) is 136 Å². The number of piperidine rings is 2. The number of rotatable bonds is 11. The quantitative estimate of drug-likeness (QED) is 0.275. The van der Waals surface area contributed by atoms with Crippen LogP contribution in [0.5, 0.6) is 0 Å². The number of hydrogen-bond acceptors (Lipinski definition) is 10. The number of benzene rings is 2. The van der Waals surface area contributed by atoms with Crippen molar-refractivity contribution in [3.8, 4) is 0 Å². The summed E-state index contributed by atoms with van der Waals surface area (Å²) >= 11 is 0. The SMILES string of the molecule is CO[C@H]1CN(C(=O)OC(=O)CCC(=O)OC(=O)N2CC[C@@H](N[C@H](C)c3ccccc3)[C@@H](OC)C2)CC[C@H]1N[C@H](C)c1ccccc1. The molecule has 0 aromatic heterocycles. The molecule has 6 atom stereocenters. The van der Waals surface area contributed by atoms with Gasteiger partial charge in [-0.3, -0.25) is 9.59 Å². The van der Waals surface area contributed by atoms with Crippen molar-refractivity contribution in [1.82, 2.24) is 20.4 Å². The Bertz CT molecular complexity index is 1200. The first-order valence-electron chi connectivity index (χ1n) is 15.8. The van der Waals surface area contributed by atoms with Gasteiger partial charge >= 0.3 is 24.1 Å². The van der Waals surface area contributed by atoms with E-state index in [1.54, 1.807) is 14.2 Å². The van der Waals surface area contributed by atoms with Crippen molar-refractivity contribution in [2.45, 2.75) is 75.9 Å². The second-order valence-electron chi connectivity index (χ2n) is 11.8. The van der Waals surface area contributed by atoms with E-state index in [0.29, 0.717) is 25.9 Å². The molecule has 12 nitrogen and oxygen atoms in total. The molecule has 46 heavy (non-hydrogen) atoms. The Balaban J connectivity index is 1.16. The maximum Gasteiger partial charge on any atom is 0.417 e. The standard InChI is InChI=1S/C34H46N4O8/c1-23(25-11-7-5-8-12-25)35-27-17-19-37(21-29(27)43-3)33(41)45-31(39)15-16-32(40)46-34(42)38-20-18-28(30(22-38)44-4)36-24(2)26-13-9-6-10-14-26/h5-14,23-24,27-30,35-36H,15-22H2,1-4H3/t23-,24-,27-,28-,29+,30+/m1/s1. The van der Waals surface area contributed by atoms with Crippen LogP contribution in [0.15, 0.2) is 60.7 Å². The number of ether oxygens (including phenoxy) is 4. The molecule has 0 bridgehead atoms. The normalized spacial score (nSPS) is 22.9. The van der Waals surface area contributed by atoms with Crippen LogP contribution in [0.1, 0.15) is 62.7 Å². The average molecular weight is 639 g/mol. The summed E-state index contributed by atoms with van der Waals surface area (Å²) < 4.78 is 21.3. The molecule has 2 N–H and O–H groups in total. The first-order valence-corrected chi connectivity index (χ1v) is 15.8. The average Bonchev–Trinajstić information content (AvgIpc) is 3.08. The smallest absolute Gasteiger partial charge is 0.378 e. The third-order valence-electron chi connectivity index (χ3n) is 8.70. The second kappa shape index (κ2) is 17.2. The monoisotopic (exact) mass is 638 g/mol. The Morgan fingerprint density at radius 2 is 1.04 bits per heavy atom. The lowest BCUT2D eigenvalue weighted by molar-refractivity contribution is -0.145. The van der Waals surface area contributed by atoms with Crippen LogP contribution in [-0.2, 0) is 28.5 Å². The van der Waals surface area contributed by atoms with Gasteiger partial charge in [-0.05, 0) is 37.8 Å². The molecule has 2 aliphatic rings. The van der Waals surface area contributed by atoms with E-state index in [4.69, 9.17) is 18.9 Å². The summed E-state index contributed by atoms with van der Waals surface area (Å²) in [4.78, 5) is 53.0. The van der Waals surface area contributed by atoms with Crippen molar-refractivity contribution in [3.63, 3.8) is 0 Å². The molecule has 2 aromatic carbocycles. The van der Waals surface area contributed by atoms with Gasteiger partial charge in [-0.25, -0.2) is 9.59 Å². The van der Waals surface area contributed by atoms with Gasteiger partial charge in [0.25, 0.3) is 0 Å². The summed E-state index contributed by atoms with van der Waals surface area (Å²) in [5.74, 6) is -1.75. The number of esters is 2. The minimum atomic E-state index is -0.875. The lowest BCUT2D eigenvalue weighted by Crippen LogP contribution is -2.55. The van der Waals surface area contributed by atoms with Gasteiger partial charge in [-0.2, -0.15) is 0 Å². The van der Waals surface area contributed by atoms with Crippen molar-refractivity contribution in [2.24, 2.45) is 0 Å². The summed E-state index contributed by atoms with van der Waals surface area (Å²) in [5, 5.41) is 7.13. The molecule has 2 fully saturated rings. The molecule has 2 heterocycles. The van der Waals surface area contributed by atoms with E-state index in [1.807, 2.05) is 36.4 Å². The fraction of sp³-hybridized carbons (Fsp3) is 0.529. The highest BCUT2D eigenvalue weighted by atomic mass is 16.6. The maximum absolute atomic E-state index is 12.7. The molecular weight excluding hydrogens is 592 g/mol. The molecule has 2 aromatic rings. The minimum Gasteiger partial charge on any atom is -0.378 e. The summed E-state index contributed by atoms with van der Waals surface area (Å²) in [5.41, 5.74) is 2.30. The number of methoxy groups -OCH3 is 2. The van der Waals surface area contributed by atoms with Gasteiger partial charge in [-0.1, -0.05) is 60.7 Å². The van der Waals surface area contributed by atoms with E-state index in [-0.39, 0.29) is 49.5 Å². The number of nitrogens with one attached hydrogen (secondary N) is 2. The Morgan fingerprint density at radius 1 is 0.674 bits per heavy atom. The number of likely N-dealkylation sites (tertiary alicyclic amines) is 2. The van der Waals surface area contributed by atoms with Gasteiger partial charge in [-0.15, -0.1) is 0 Å². The predicted octanol–water partition coefficient (Wildman–Crippen LogP) is 3.97. The van der Waals surface area contributed by atoms with Gasteiger partial charge in [0.1, 0.15) is 0 Å². The van der Waals surface area contributed by atoms with Gasteiger partial charge < -0.3 is 39.4 Å². The van der Waals surface area contributed by atoms with Crippen LogP contribution in [-0.4, -0.2) is 98.6 Å². The van der Waals surface area contributed by atoms with Crippen LogP contribution in [0.3, 0.4) is 0 Å². The molecule has 0 saturated carbocycles. The zero-order valence-corrected chi connectivity index (χ0v) is 27.1. The molecule has 2 amide bonds. The van der Waals surface area contributed by atoms with Crippen molar-refractivity contribution in [3.05, 3.63) is 71.8 Å². The Labute approximate surface area is 270 Å². The summed E-state index contributed by atoms with van der Waals surface area (Å²) in [6, 6.07) is 20.3. The minimum absolute atomic E-state index is 0.00587. The highest BCUT2D eigenvalue weighted by Crippen LogP contribution is 2.22. The number of carbonyl (C=O) groups is 4. The first kappa shape index (κ1) is 35.0. The van der Waals surface area contributed by atoms with E-state index in [0.717, 1.165) is 11.1 Å². The molecule has 0 radical (unpaired) electrons. The Morgan fingerprint density at radius 3 is 1.39 bits per heavy atom. The Hall–Kier alpha value is -3.84. The number of amides is 2. The molecule has 0 spiro atoms. The van der Waals surface area contributed by atoms with Gasteiger partial charge in [0.05, 0.1) is 38.1 Å². The maximum atomic E-state index is 12.7. The largest absolute Gasteiger partial charge is 0.417 e. The van der Waals surface area contributed by atoms with Crippen LogP contribution in [0.25, 0.3) is 0 Å². The van der Waals surface area contributed by atoms with Crippen molar-refractivity contribution in [2.75, 3.05) is 40.4 Å².